The minimum atomic E-state index is -0.496. The number of ether oxygens (including phenoxy) is 1. The third kappa shape index (κ3) is 1.90. The van der Waals surface area contributed by atoms with Gasteiger partial charge in [-0.25, -0.2) is 0 Å². The van der Waals surface area contributed by atoms with Gasteiger partial charge >= 0.3 is 5.90 Å². The number of methoxy groups -OCH3 is 1. The van der Waals surface area contributed by atoms with E-state index in [1.54, 1.807) is 6.92 Å². The number of nitrogens with zero attached hydrogens (tertiary/aromatic N) is 2. The monoisotopic (exact) mass is 198 g/mol. The highest BCUT2D eigenvalue weighted by Crippen LogP contribution is 2.08. The fraction of sp³-hybridized carbons (Fsp3) is 0.375. The average Bonchev–Trinajstić information content (AvgIpc) is 2.59. The molecule has 0 aliphatic carbocycles. The highest BCUT2D eigenvalue weighted by atomic mass is 16.6. The lowest BCUT2D eigenvalue weighted by Crippen LogP contribution is -2.16. The van der Waals surface area contributed by atoms with Gasteiger partial charge in [0.2, 0.25) is 5.76 Å². The van der Waals surface area contributed by atoms with E-state index in [4.69, 9.17) is 9.26 Å². The van der Waals surface area contributed by atoms with E-state index in [-0.39, 0.29) is 11.7 Å². The van der Waals surface area contributed by atoms with Crippen molar-refractivity contribution in [1.82, 2.24) is 5.16 Å². The van der Waals surface area contributed by atoms with Crippen LogP contribution < -0.4 is 0 Å². The number of carbonyl (C=O) groups is 1. The third-order valence-corrected chi connectivity index (χ3v) is 1.52. The molecule has 1 aromatic heterocycles. The Balaban J connectivity index is 2.95. The predicted octanol–water partition coefficient (Wildman–Crippen LogP) is 0.772. The first-order valence-electron chi connectivity index (χ1n) is 3.81. The molecule has 0 aliphatic heterocycles. The van der Waals surface area contributed by atoms with Gasteiger partial charge in [-0.05, 0) is 12.1 Å². The SMILES string of the molecule is CON=C(OC)C(=O)c1oncc1C. The van der Waals surface area contributed by atoms with Gasteiger partial charge in [0.1, 0.15) is 7.11 Å². The Labute approximate surface area is 80.5 Å². The maximum absolute atomic E-state index is 11.6. The molecule has 6 heteroatoms. The number of hydrogen-bond donors (Lipinski definition) is 0. The quantitative estimate of drug-likeness (QED) is 0.310. The van der Waals surface area contributed by atoms with Crippen LogP contribution in [0.1, 0.15) is 16.1 Å². The molecular formula is C8H10N2O4. The normalized spacial score (nSPS) is 11.2. The van der Waals surface area contributed by atoms with E-state index in [0.29, 0.717) is 5.56 Å². The van der Waals surface area contributed by atoms with E-state index in [2.05, 4.69) is 15.1 Å². The van der Waals surface area contributed by atoms with E-state index in [0.717, 1.165) is 0 Å². The van der Waals surface area contributed by atoms with Crippen LogP contribution in [-0.2, 0) is 9.57 Å². The Morgan fingerprint density at radius 2 is 2.29 bits per heavy atom. The summed E-state index contributed by atoms with van der Waals surface area (Å²) >= 11 is 0. The second-order valence-corrected chi connectivity index (χ2v) is 2.45. The van der Waals surface area contributed by atoms with Crippen molar-refractivity contribution >= 4 is 11.7 Å². The van der Waals surface area contributed by atoms with Crippen molar-refractivity contribution in [3.05, 3.63) is 17.5 Å². The molecule has 1 rings (SSSR count). The van der Waals surface area contributed by atoms with Gasteiger partial charge in [0.05, 0.1) is 13.3 Å². The van der Waals surface area contributed by atoms with E-state index < -0.39 is 5.78 Å². The summed E-state index contributed by atoms with van der Waals surface area (Å²) in [6.45, 7) is 1.70. The Bertz CT molecular complexity index is 356. The third-order valence-electron chi connectivity index (χ3n) is 1.52. The molecule has 0 N–H and O–H groups in total. The molecule has 1 heterocycles. The lowest BCUT2D eigenvalue weighted by Gasteiger charge is -1.99. The van der Waals surface area contributed by atoms with Gasteiger partial charge in [-0.15, -0.1) is 0 Å². The second-order valence-electron chi connectivity index (χ2n) is 2.45. The second kappa shape index (κ2) is 4.40. The number of ketones is 1. The topological polar surface area (TPSA) is 73.9 Å². The van der Waals surface area contributed by atoms with Gasteiger partial charge in [0.15, 0.2) is 0 Å². The molecule has 0 radical (unpaired) electrons. The van der Waals surface area contributed by atoms with Crippen LogP contribution in [0.15, 0.2) is 15.9 Å². The molecule has 6 nitrogen and oxygen atoms in total. The van der Waals surface area contributed by atoms with Crippen molar-refractivity contribution in [2.45, 2.75) is 6.92 Å². The van der Waals surface area contributed by atoms with Gasteiger partial charge in [-0.1, -0.05) is 5.16 Å². The van der Waals surface area contributed by atoms with Crippen LogP contribution in [0, 0.1) is 6.92 Å². The first kappa shape index (κ1) is 10.2. The van der Waals surface area contributed by atoms with Crippen LogP contribution in [0.4, 0.5) is 0 Å². The molecule has 0 fully saturated rings. The van der Waals surface area contributed by atoms with Crippen LogP contribution in [0.3, 0.4) is 0 Å². The summed E-state index contributed by atoms with van der Waals surface area (Å²) in [6, 6.07) is 0. The summed E-state index contributed by atoms with van der Waals surface area (Å²) in [4.78, 5) is 16.0. The number of hydrogen-bond acceptors (Lipinski definition) is 6. The van der Waals surface area contributed by atoms with Gasteiger partial charge in [-0.2, -0.15) is 0 Å². The Kier molecular flexibility index (Phi) is 3.22. The lowest BCUT2D eigenvalue weighted by atomic mass is 10.2. The maximum atomic E-state index is 11.6. The van der Waals surface area contributed by atoms with E-state index in [9.17, 15) is 4.79 Å². The highest BCUT2D eigenvalue weighted by molar-refractivity contribution is 6.42. The van der Waals surface area contributed by atoms with Crippen molar-refractivity contribution in [3.63, 3.8) is 0 Å². The van der Waals surface area contributed by atoms with Crippen molar-refractivity contribution in [3.8, 4) is 0 Å². The number of Topliss-reactive ketones (excluding diaryl/α,β-unsaturated/α-hetero) is 1. The van der Waals surface area contributed by atoms with E-state index in [1.807, 2.05) is 0 Å². The van der Waals surface area contributed by atoms with Crippen LogP contribution >= 0.6 is 0 Å². The molecule has 0 aliphatic rings. The molecule has 0 unspecified atom stereocenters. The van der Waals surface area contributed by atoms with Gasteiger partial charge in [-0.3, -0.25) is 4.79 Å². The average molecular weight is 198 g/mol. The standard InChI is InChI=1S/C8H10N2O4/c1-5-4-9-14-7(5)6(11)8(12-2)10-13-3/h4H,1-3H3. The zero-order valence-corrected chi connectivity index (χ0v) is 8.10. The molecule has 0 aromatic carbocycles. The Morgan fingerprint density at radius 3 is 2.71 bits per heavy atom. The van der Waals surface area contributed by atoms with E-state index >= 15 is 0 Å². The zero-order valence-electron chi connectivity index (χ0n) is 8.10. The molecule has 0 spiro atoms. The number of aryl methyl sites for hydroxylation is 1. The predicted molar refractivity (Wildman–Crippen MR) is 47.0 cm³/mol. The smallest absolute Gasteiger partial charge is 0.302 e. The Hall–Kier alpha value is -1.85. The number of oxime groups is 1. The van der Waals surface area contributed by atoms with Crippen molar-refractivity contribution in [1.29, 1.82) is 0 Å². The van der Waals surface area contributed by atoms with Crippen LogP contribution in [0.25, 0.3) is 0 Å². The molecule has 0 bridgehead atoms. The number of aromatic nitrogens is 1. The first-order valence-corrected chi connectivity index (χ1v) is 3.81. The molecular weight excluding hydrogens is 188 g/mol. The minimum absolute atomic E-state index is 0.0997. The molecule has 0 saturated heterocycles. The largest absolute Gasteiger partial charge is 0.476 e. The Morgan fingerprint density at radius 1 is 1.57 bits per heavy atom. The number of carbonyl (C=O) groups excluding carboxylic acids is 1. The lowest BCUT2D eigenvalue weighted by molar-refractivity contribution is 0.0983. The van der Waals surface area contributed by atoms with Crippen molar-refractivity contribution in [2.24, 2.45) is 5.16 Å². The fourth-order valence-corrected chi connectivity index (χ4v) is 0.861. The number of rotatable bonds is 3. The van der Waals surface area contributed by atoms with Crippen LogP contribution in [0.2, 0.25) is 0 Å². The maximum Gasteiger partial charge on any atom is 0.302 e. The summed E-state index contributed by atoms with van der Waals surface area (Å²) in [5.74, 6) is -0.570. The molecule has 0 saturated carbocycles. The summed E-state index contributed by atoms with van der Waals surface area (Å²) in [5.41, 5.74) is 0.621. The summed E-state index contributed by atoms with van der Waals surface area (Å²) in [6.07, 6.45) is 1.44. The molecule has 1 aromatic rings. The summed E-state index contributed by atoms with van der Waals surface area (Å²) in [5, 5.41) is 6.87. The van der Waals surface area contributed by atoms with Gasteiger partial charge in [0.25, 0.3) is 5.78 Å². The minimum Gasteiger partial charge on any atom is -0.476 e. The molecule has 0 atom stereocenters. The van der Waals surface area contributed by atoms with Gasteiger partial charge in [0, 0.05) is 5.56 Å². The summed E-state index contributed by atoms with van der Waals surface area (Å²) in [7, 11) is 2.64. The van der Waals surface area contributed by atoms with Crippen LogP contribution in [0.5, 0.6) is 0 Å². The van der Waals surface area contributed by atoms with Gasteiger partial charge < -0.3 is 14.1 Å². The fourth-order valence-electron chi connectivity index (χ4n) is 0.861. The molecule has 76 valence electrons. The highest BCUT2D eigenvalue weighted by Gasteiger charge is 2.22. The molecule has 0 amide bonds. The van der Waals surface area contributed by atoms with Crippen LogP contribution in [-0.4, -0.2) is 31.1 Å². The first-order chi connectivity index (χ1) is 6.70. The summed E-state index contributed by atoms with van der Waals surface area (Å²) < 4.78 is 9.46. The van der Waals surface area contributed by atoms with Crippen molar-refractivity contribution in [2.75, 3.05) is 14.2 Å². The van der Waals surface area contributed by atoms with Crippen molar-refractivity contribution < 1.29 is 18.9 Å². The van der Waals surface area contributed by atoms with E-state index in [1.165, 1.54) is 20.4 Å². The zero-order chi connectivity index (χ0) is 10.6. The molecule has 14 heavy (non-hydrogen) atoms.